The van der Waals surface area contributed by atoms with Crippen LogP contribution in [-0.4, -0.2) is 23.1 Å². The lowest BCUT2D eigenvalue weighted by atomic mass is 9.97. The third kappa shape index (κ3) is 4.63. The maximum absolute atomic E-state index is 13.1. The van der Waals surface area contributed by atoms with E-state index in [-0.39, 0.29) is 11.3 Å². The quantitative estimate of drug-likeness (QED) is 0.431. The van der Waals surface area contributed by atoms with E-state index >= 15 is 0 Å². The van der Waals surface area contributed by atoms with Crippen LogP contribution in [0.5, 0.6) is 0 Å². The Morgan fingerprint density at radius 1 is 0.970 bits per heavy atom. The lowest BCUT2D eigenvalue weighted by Crippen LogP contribution is -2.28. The van der Waals surface area contributed by atoms with Crippen LogP contribution in [0.3, 0.4) is 0 Å². The molecule has 0 fully saturated rings. The van der Waals surface area contributed by atoms with E-state index < -0.39 is 24.3 Å². The highest BCUT2D eigenvalue weighted by Crippen LogP contribution is 2.31. The Morgan fingerprint density at radius 2 is 1.61 bits per heavy atom. The summed E-state index contributed by atoms with van der Waals surface area (Å²) < 4.78 is 19.5. The van der Waals surface area contributed by atoms with Gasteiger partial charge in [-0.2, -0.15) is 0 Å². The van der Waals surface area contributed by atoms with Gasteiger partial charge in [-0.1, -0.05) is 41.9 Å². The van der Waals surface area contributed by atoms with E-state index in [9.17, 15) is 18.8 Å². The maximum atomic E-state index is 13.1. The standard InChI is InChI=1S/C25H18ClFN2O4/c1-29-23(25(32)33-14-21(30)28-18-12-10-17(27)11-13-18)22(15-6-8-16(26)9-7-15)19-4-2-3-5-20(19)24(29)31/h2-13H,14H2,1H3,(H,28,30). The van der Waals surface area contributed by atoms with Gasteiger partial charge in [0.25, 0.3) is 11.5 Å². The van der Waals surface area contributed by atoms with Crippen LogP contribution in [0, 0.1) is 5.82 Å². The number of pyridine rings is 1. The number of fused-ring (bicyclic) bond motifs is 1. The van der Waals surface area contributed by atoms with Gasteiger partial charge in [0.05, 0.1) is 0 Å². The zero-order chi connectivity index (χ0) is 23.5. The lowest BCUT2D eigenvalue weighted by Gasteiger charge is -2.17. The fourth-order valence-corrected chi connectivity index (χ4v) is 3.67. The lowest BCUT2D eigenvalue weighted by molar-refractivity contribution is -0.119. The van der Waals surface area contributed by atoms with Gasteiger partial charge < -0.3 is 14.6 Å². The van der Waals surface area contributed by atoms with Gasteiger partial charge in [-0.25, -0.2) is 9.18 Å². The van der Waals surface area contributed by atoms with E-state index in [1.54, 1.807) is 48.5 Å². The number of ether oxygens (including phenoxy) is 1. The third-order valence-corrected chi connectivity index (χ3v) is 5.34. The highest BCUT2D eigenvalue weighted by atomic mass is 35.5. The van der Waals surface area contributed by atoms with Crippen molar-refractivity contribution >= 4 is 39.9 Å². The smallest absolute Gasteiger partial charge is 0.356 e. The van der Waals surface area contributed by atoms with Crippen molar-refractivity contribution in [1.29, 1.82) is 0 Å². The van der Waals surface area contributed by atoms with E-state index in [1.807, 2.05) is 0 Å². The Balaban J connectivity index is 1.69. The molecule has 0 bridgehead atoms. The molecule has 1 heterocycles. The summed E-state index contributed by atoms with van der Waals surface area (Å²) in [4.78, 5) is 38.2. The molecule has 0 spiro atoms. The number of hydrogen-bond donors (Lipinski definition) is 1. The molecule has 166 valence electrons. The van der Waals surface area contributed by atoms with Crippen LogP contribution in [0.15, 0.2) is 77.6 Å². The van der Waals surface area contributed by atoms with Crippen molar-refractivity contribution in [1.82, 2.24) is 4.57 Å². The summed E-state index contributed by atoms with van der Waals surface area (Å²) in [5.41, 5.74) is 1.15. The topological polar surface area (TPSA) is 77.4 Å². The molecule has 0 saturated heterocycles. The number of nitrogens with zero attached hydrogens (tertiary/aromatic N) is 1. The Morgan fingerprint density at radius 3 is 2.27 bits per heavy atom. The summed E-state index contributed by atoms with van der Waals surface area (Å²) in [6.07, 6.45) is 0. The molecule has 4 rings (SSSR count). The first-order valence-electron chi connectivity index (χ1n) is 9.95. The number of aromatic nitrogens is 1. The second kappa shape index (κ2) is 9.26. The van der Waals surface area contributed by atoms with Crippen LogP contribution in [0.4, 0.5) is 10.1 Å². The van der Waals surface area contributed by atoms with Gasteiger partial charge in [0.15, 0.2) is 6.61 Å². The van der Waals surface area contributed by atoms with Crippen LogP contribution in [0.1, 0.15) is 10.5 Å². The average molecular weight is 465 g/mol. The molecule has 0 unspecified atom stereocenters. The molecule has 1 amide bonds. The number of benzene rings is 3. The predicted octanol–water partition coefficient (Wildman–Crippen LogP) is 4.79. The molecule has 33 heavy (non-hydrogen) atoms. The minimum atomic E-state index is -0.834. The summed E-state index contributed by atoms with van der Waals surface area (Å²) in [7, 11) is 1.48. The van der Waals surface area contributed by atoms with E-state index in [0.29, 0.717) is 32.6 Å². The van der Waals surface area contributed by atoms with Crippen molar-refractivity contribution in [2.45, 2.75) is 0 Å². The van der Waals surface area contributed by atoms with Crippen molar-refractivity contribution in [3.63, 3.8) is 0 Å². The molecular weight excluding hydrogens is 447 g/mol. The van der Waals surface area contributed by atoms with Gasteiger partial charge in [0, 0.05) is 28.7 Å². The highest BCUT2D eigenvalue weighted by molar-refractivity contribution is 6.30. The fourth-order valence-electron chi connectivity index (χ4n) is 3.54. The van der Waals surface area contributed by atoms with Gasteiger partial charge in [0.2, 0.25) is 0 Å². The molecule has 3 aromatic carbocycles. The van der Waals surface area contributed by atoms with Gasteiger partial charge in [-0.15, -0.1) is 0 Å². The molecule has 4 aromatic rings. The third-order valence-electron chi connectivity index (χ3n) is 5.09. The van der Waals surface area contributed by atoms with Gasteiger partial charge in [-0.3, -0.25) is 9.59 Å². The van der Waals surface area contributed by atoms with Crippen molar-refractivity contribution in [2.75, 3.05) is 11.9 Å². The molecule has 0 aliphatic heterocycles. The molecule has 0 radical (unpaired) electrons. The minimum absolute atomic E-state index is 0.00982. The largest absolute Gasteiger partial charge is 0.451 e. The first kappa shape index (κ1) is 22.2. The van der Waals surface area contributed by atoms with E-state index in [2.05, 4.69) is 5.32 Å². The van der Waals surface area contributed by atoms with Crippen molar-refractivity contribution < 1.29 is 18.7 Å². The summed E-state index contributed by atoms with van der Waals surface area (Å²) in [6.45, 7) is -0.586. The van der Waals surface area contributed by atoms with Crippen molar-refractivity contribution in [3.8, 4) is 11.1 Å². The van der Waals surface area contributed by atoms with Crippen LogP contribution < -0.4 is 10.9 Å². The average Bonchev–Trinajstić information content (AvgIpc) is 2.82. The molecule has 6 nitrogen and oxygen atoms in total. The normalized spacial score (nSPS) is 10.8. The van der Waals surface area contributed by atoms with Crippen molar-refractivity contribution in [2.24, 2.45) is 7.05 Å². The molecule has 0 atom stereocenters. The first-order chi connectivity index (χ1) is 15.8. The number of esters is 1. The summed E-state index contributed by atoms with van der Waals surface area (Å²) in [5.74, 6) is -1.88. The van der Waals surface area contributed by atoms with Crippen LogP contribution >= 0.6 is 11.6 Å². The number of nitrogens with one attached hydrogen (secondary N) is 1. The van der Waals surface area contributed by atoms with Gasteiger partial charge in [-0.05, 0) is 53.4 Å². The molecule has 0 aliphatic rings. The number of rotatable bonds is 5. The molecular formula is C25H18ClFN2O4. The molecule has 8 heteroatoms. The Hall–Kier alpha value is -3.97. The van der Waals surface area contributed by atoms with Crippen LogP contribution in [-0.2, 0) is 16.6 Å². The zero-order valence-corrected chi connectivity index (χ0v) is 18.2. The first-order valence-corrected chi connectivity index (χ1v) is 10.3. The van der Waals surface area contributed by atoms with E-state index in [0.717, 1.165) is 0 Å². The molecule has 0 aliphatic carbocycles. The second-order valence-electron chi connectivity index (χ2n) is 7.27. The summed E-state index contributed by atoms with van der Waals surface area (Å²) >= 11 is 6.02. The number of anilines is 1. The summed E-state index contributed by atoms with van der Waals surface area (Å²) in [6, 6.07) is 19.0. The number of carbonyl (C=O) groups excluding carboxylic acids is 2. The highest BCUT2D eigenvalue weighted by Gasteiger charge is 2.23. The van der Waals surface area contributed by atoms with Crippen LogP contribution in [0.25, 0.3) is 21.9 Å². The monoisotopic (exact) mass is 464 g/mol. The van der Waals surface area contributed by atoms with E-state index in [1.165, 1.54) is 35.9 Å². The zero-order valence-electron chi connectivity index (χ0n) is 17.5. The number of carbonyl (C=O) groups is 2. The number of amides is 1. The fraction of sp³-hybridized carbons (Fsp3) is 0.0800. The second-order valence-corrected chi connectivity index (χ2v) is 7.71. The predicted molar refractivity (Wildman–Crippen MR) is 125 cm³/mol. The SMILES string of the molecule is Cn1c(C(=O)OCC(=O)Nc2ccc(F)cc2)c(-c2ccc(Cl)cc2)c2ccccc2c1=O. The Labute approximate surface area is 193 Å². The Bertz CT molecular complexity index is 1410. The van der Waals surface area contributed by atoms with E-state index in [4.69, 9.17) is 16.3 Å². The van der Waals surface area contributed by atoms with Gasteiger partial charge in [0.1, 0.15) is 11.5 Å². The number of hydrogen-bond acceptors (Lipinski definition) is 4. The van der Waals surface area contributed by atoms with Gasteiger partial charge >= 0.3 is 5.97 Å². The number of halogens is 2. The minimum Gasteiger partial charge on any atom is -0.451 e. The van der Waals surface area contributed by atoms with Crippen LogP contribution in [0.2, 0.25) is 5.02 Å². The molecule has 0 saturated carbocycles. The maximum Gasteiger partial charge on any atom is 0.356 e. The molecule has 1 N–H and O–H groups in total. The van der Waals surface area contributed by atoms with Crippen molar-refractivity contribution in [3.05, 3.63) is 99.7 Å². The Kier molecular flexibility index (Phi) is 6.24. The summed E-state index contributed by atoms with van der Waals surface area (Å²) in [5, 5.41) is 4.06. The molecule has 1 aromatic heterocycles.